The van der Waals surface area contributed by atoms with E-state index in [1.807, 2.05) is 25.8 Å². The predicted molar refractivity (Wildman–Crippen MR) is 62.7 cm³/mol. The molecule has 0 aromatic rings. The van der Waals surface area contributed by atoms with E-state index in [0.717, 1.165) is 26.1 Å². The zero-order valence-corrected chi connectivity index (χ0v) is 10.7. The summed E-state index contributed by atoms with van der Waals surface area (Å²) in [4.78, 5) is 14.2. The average molecular weight is 212 g/mol. The normalized spacial score (nSPS) is 20.7. The second-order valence-corrected chi connectivity index (χ2v) is 6.06. The minimum absolute atomic E-state index is 0.280. The molecule has 1 heterocycles. The van der Waals surface area contributed by atoms with E-state index in [-0.39, 0.29) is 11.3 Å². The molecule has 0 aromatic heterocycles. The smallest absolute Gasteiger partial charge is 0.229 e. The second kappa shape index (κ2) is 4.12. The summed E-state index contributed by atoms with van der Waals surface area (Å²) >= 11 is 0. The van der Waals surface area contributed by atoms with Crippen LogP contribution in [0, 0.1) is 10.8 Å². The van der Waals surface area contributed by atoms with Crippen LogP contribution < -0.4 is 5.32 Å². The highest BCUT2D eigenvalue weighted by Crippen LogP contribution is 2.31. The quantitative estimate of drug-likeness (QED) is 0.768. The third-order valence-electron chi connectivity index (χ3n) is 3.16. The summed E-state index contributed by atoms with van der Waals surface area (Å²) in [7, 11) is 1.89. The van der Waals surface area contributed by atoms with Crippen LogP contribution in [-0.2, 0) is 4.79 Å². The zero-order chi connectivity index (χ0) is 11.7. The SMILES string of the molecule is CNCC(C)(C)C(=O)N1CCC(C)(C)C1. The van der Waals surface area contributed by atoms with E-state index in [9.17, 15) is 4.79 Å². The van der Waals surface area contributed by atoms with E-state index in [2.05, 4.69) is 19.2 Å². The van der Waals surface area contributed by atoms with Gasteiger partial charge < -0.3 is 10.2 Å². The number of hydrogen-bond acceptors (Lipinski definition) is 2. The van der Waals surface area contributed by atoms with Crippen LogP contribution in [0.15, 0.2) is 0 Å². The number of carbonyl (C=O) groups is 1. The molecule has 0 saturated carbocycles. The summed E-state index contributed by atoms with van der Waals surface area (Å²) in [6, 6.07) is 0. The molecular weight excluding hydrogens is 188 g/mol. The average Bonchev–Trinajstić information content (AvgIpc) is 2.44. The van der Waals surface area contributed by atoms with Gasteiger partial charge in [-0.25, -0.2) is 0 Å². The minimum Gasteiger partial charge on any atom is -0.342 e. The van der Waals surface area contributed by atoms with Crippen molar-refractivity contribution in [1.82, 2.24) is 10.2 Å². The Balaban J connectivity index is 2.62. The molecule has 0 atom stereocenters. The van der Waals surface area contributed by atoms with Crippen molar-refractivity contribution in [3.8, 4) is 0 Å². The van der Waals surface area contributed by atoms with Crippen molar-refractivity contribution in [2.24, 2.45) is 10.8 Å². The van der Waals surface area contributed by atoms with Gasteiger partial charge in [0.05, 0.1) is 5.41 Å². The van der Waals surface area contributed by atoms with Gasteiger partial charge in [0.15, 0.2) is 0 Å². The number of rotatable bonds is 3. The Kier molecular flexibility index (Phi) is 3.44. The molecule has 1 saturated heterocycles. The van der Waals surface area contributed by atoms with Crippen LogP contribution in [0.5, 0.6) is 0 Å². The molecule has 0 radical (unpaired) electrons. The lowest BCUT2D eigenvalue weighted by Gasteiger charge is -2.30. The van der Waals surface area contributed by atoms with Gasteiger partial charge in [0.1, 0.15) is 0 Å². The summed E-state index contributed by atoms with van der Waals surface area (Å²) in [6.07, 6.45) is 1.12. The van der Waals surface area contributed by atoms with Crippen LogP contribution in [-0.4, -0.2) is 37.5 Å². The summed E-state index contributed by atoms with van der Waals surface area (Å²) in [5, 5.41) is 3.09. The van der Waals surface area contributed by atoms with E-state index >= 15 is 0 Å². The Hall–Kier alpha value is -0.570. The van der Waals surface area contributed by atoms with E-state index in [0.29, 0.717) is 5.41 Å². The van der Waals surface area contributed by atoms with Crippen LogP contribution in [0.3, 0.4) is 0 Å². The number of carbonyl (C=O) groups excluding carboxylic acids is 1. The Morgan fingerprint density at radius 2 is 2.07 bits per heavy atom. The molecule has 0 spiro atoms. The molecule has 1 rings (SSSR count). The molecule has 15 heavy (non-hydrogen) atoms. The number of likely N-dealkylation sites (tertiary alicyclic amines) is 1. The maximum absolute atomic E-state index is 12.2. The zero-order valence-electron chi connectivity index (χ0n) is 10.7. The molecule has 1 N–H and O–H groups in total. The van der Waals surface area contributed by atoms with Gasteiger partial charge in [-0.15, -0.1) is 0 Å². The van der Waals surface area contributed by atoms with E-state index in [1.165, 1.54) is 0 Å². The Morgan fingerprint density at radius 1 is 1.47 bits per heavy atom. The predicted octanol–water partition coefficient (Wildman–Crippen LogP) is 1.49. The van der Waals surface area contributed by atoms with E-state index in [1.54, 1.807) is 0 Å². The highest BCUT2D eigenvalue weighted by Gasteiger charge is 2.38. The Morgan fingerprint density at radius 3 is 2.47 bits per heavy atom. The van der Waals surface area contributed by atoms with E-state index in [4.69, 9.17) is 0 Å². The lowest BCUT2D eigenvalue weighted by atomic mass is 9.91. The molecule has 0 aliphatic carbocycles. The van der Waals surface area contributed by atoms with Crippen molar-refractivity contribution in [2.75, 3.05) is 26.7 Å². The third kappa shape index (κ3) is 2.94. The molecule has 0 unspecified atom stereocenters. The van der Waals surface area contributed by atoms with Crippen molar-refractivity contribution in [2.45, 2.75) is 34.1 Å². The molecule has 0 aromatic carbocycles. The number of hydrogen-bond donors (Lipinski definition) is 1. The Labute approximate surface area is 93.2 Å². The van der Waals surface area contributed by atoms with Gasteiger partial charge in [-0.2, -0.15) is 0 Å². The first kappa shape index (κ1) is 12.5. The minimum atomic E-state index is -0.283. The summed E-state index contributed by atoms with van der Waals surface area (Å²) in [6.45, 7) is 11.0. The lowest BCUT2D eigenvalue weighted by Crippen LogP contribution is -2.44. The lowest BCUT2D eigenvalue weighted by molar-refractivity contribution is -0.139. The van der Waals surface area contributed by atoms with Crippen molar-refractivity contribution in [3.05, 3.63) is 0 Å². The van der Waals surface area contributed by atoms with Crippen LogP contribution in [0.1, 0.15) is 34.1 Å². The molecule has 1 fully saturated rings. The first-order chi connectivity index (χ1) is 6.78. The van der Waals surface area contributed by atoms with Crippen molar-refractivity contribution < 1.29 is 4.79 Å². The molecule has 1 aliphatic rings. The van der Waals surface area contributed by atoms with Crippen LogP contribution in [0.4, 0.5) is 0 Å². The fraction of sp³-hybridized carbons (Fsp3) is 0.917. The number of amides is 1. The molecule has 3 heteroatoms. The molecular formula is C12H24N2O. The van der Waals surface area contributed by atoms with Crippen LogP contribution in [0.25, 0.3) is 0 Å². The molecule has 88 valence electrons. The summed E-state index contributed by atoms with van der Waals surface area (Å²) in [5.74, 6) is 0.280. The third-order valence-corrected chi connectivity index (χ3v) is 3.16. The largest absolute Gasteiger partial charge is 0.342 e. The van der Waals surface area contributed by atoms with Crippen molar-refractivity contribution in [3.63, 3.8) is 0 Å². The number of nitrogens with zero attached hydrogens (tertiary/aromatic N) is 1. The molecule has 1 amide bonds. The standard InChI is InChI=1S/C12H24N2O/c1-11(2)6-7-14(9-11)10(15)12(3,4)8-13-5/h13H,6-9H2,1-5H3. The molecule has 3 nitrogen and oxygen atoms in total. The highest BCUT2D eigenvalue weighted by molar-refractivity contribution is 5.82. The fourth-order valence-electron chi connectivity index (χ4n) is 2.23. The van der Waals surface area contributed by atoms with Gasteiger partial charge in [0.2, 0.25) is 5.91 Å². The van der Waals surface area contributed by atoms with Crippen molar-refractivity contribution >= 4 is 5.91 Å². The number of nitrogens with one attached hydrogen (secondary N) is 1. The molecule has 1 aliphatic heterocycles. The summed E-state index contributed by atoms with van der Waals surface area (Å²) in [5.41, 5.74) is 0.0144. The fourth-order valence-corrected chi connectivity index (χ4v) is 2.23. The van der Waals surface area contributed by atoms with Crippen molar-refractivity contribution in [1.29, 1.82) is 0 Å². The maximum Gasteiger partial charge on any atom is 0.229 e. The van der Waals surface area contributed by atoms with Gasteiger partial charge >= 0.3 is 0 Å². The van der Waals surface area contributed by atoms with E-state index < -0.39 is 0 Å². The van der Waals surface area contributed by atoms with Gasteiger partial charge in [-0.05, 0) is 32.7 Å². The monoisotopic (exact) mass is 212 g/mol. The van der Waals surface area contributed by atoms with Gasteiger partial charge in [-0.1, -0.05) is 13.8 Å². The highest BCUT2D eigenvalue weighted by atomic mass is 16.2. The van der Waals surface area contributed by atoms with Crippen LogP contribution in [0.2, 0.25) is 0 Å². The first-order valence-corrected chi connectivity index (χ1v) is 5.72. The molecule has 0 bridgehead atoms. The maximum atomic E-state index is 12.2. The topological polar surface area (TPSA) is 32.3 Å². The van der Waals surface area contributed by atoms with Crippen LogP contribution >= 0.6 is 0 Å². The Bertz CT molecular complexity index is 246. The van der Waals surface area contributed by atoms with Gasteiger partial charge in [-0.3, -0.25) is 4.79 Å². The second-order valence-electron chi connectivity index (χ2n) is 6.06. The summed E-state index contributed by atoms with van der Waals surface area (Å²) < 4.78 is 0. The first-order valence-electron chi connectivity index (χ1n) is 5.72. The van der Waals surface area contributed by atoms with Gasteiger partial charge in [0, 0.05) is 19.6 Å². The van der Waals surface area contributed by atoms with Gasteiger partial charge in [0.25, 0.3) is 0 Å².